The molecule has 1 aliphatic heterocycles. The third kappa shape index (κ3) is 7.13. The number of nitrogens with one attached hydrogen (secondary N) is 1. The summed E-state index contributed by atoms with van der Waals surface area (Å²) in [6.45, 7) is 9.00. The van der Waals surface area contributed by atoms with Gasteiger partial charge in [0.25, 0.3) is 0 Å². The van der Waals surface area contributed by atoms with E-state index in [1.54, 1.807) is 11.8 Å². The maximum absolute atomic E-state index is 11.9. The molecule has 0 aromatic heterocycles. The van der Waals surface area contributed by atoms with Gasteiger partial charge in [0, 0.05) is 31.4 Å². The molecule has 124 valence electrons. The van der Waals surface area contributed by atoms with Crippen molar-refractivity contribution in [1.82, 2.24) is 10.2 Å². The minimum absolute atomic E-state index is 0.176. The molecular weight excluding hydrogens is 292 g/mol. The Balaban J connectivity index is 2.28. The molecule has 6 nitrogen and oxygen atoms in total. The maximum atomic E-state index is 11.9. The summed E-state index contributed by atoms with van der Waals surface area (Å²) < 4.78 is 28.2. The molecule has 0 spiro atoms. The average Bonchev–Trinajstić information content (AvgIpc) is 2.37. The molecule has 1 rings (SSSR count). The molecule has 0 radical (unpaired) electrons. The lowest BCUT2D eigenvalue weighted by Gasteiger charge is -2.33. The number of carbonyl (C=O) groups excluding carboxylic acids is 1. The molecule has 7 heteroatoms. The van der Waals surface area contributed by atoms with Crippen LogP contribution in [0.15, 0.2) is 0 Å². The number of sulfone groups is 1. The fraction of sp³-hybridized carbons (Fsp3) is 0.929. The van der Waals surface area contributed by atoms with Crippen LogP contribution in [-0.4, -0.2) is 62.2 Å². The number of carbonyl (C=O) groups is 1. The first-order valence-corrected chi connectivity index (χ1v) is 9.37. The lowest BCUT2D eigenvalue weighted by molar-refractivity contribution is 0.0199. The van der Waals surface area contributed by atoms with E-state index < -0.39 is 15.4 Å². The van der Waals surface area contributed by atoms with Crippen molar-refractivity contribution in [3.63, 3.8) is 0 Å². The fourth-order valence-corrected chi connectivity index (χ4v) is 2.87. The van der Waals surface area contributed by atoms with Crippen molar-refractivity contribution in [3.8, 4) is 0 Å². The Morgan fingerprint density at radius 1 is 1.29 bits per heavy atom. The van der Waals surface area contributed by atoms with E-state index in [-0.39, 0.29) is 23.6 Å². The van der Waals surface area contributed by atoms with E-state index in [9.17, 15) is 13.2 Å². The van der Waals surface area contributed by atoms with Crippen LogP contribution in [0.4, 0.5) is 4.79 Å². The molecule has 1 aliphatic rings. The van der Waals surface area contributed by atoms with Gasteiger partial charge in [-0.15, -0.1) is 0 Å². The maximum Gasteiger partial charge on any atom is 0.410 e. The van der Waals surface area contributed by atoms with E-state index in [0.717, 1.165) is 12.8 Å². The zero-order valence-electron chi connectivity index (χ0n) is 13.5. The van der Waals surface area contributed by atoms with Crippen molar-refractivity contribution < 1.29 is 17.9 Å². The van der Waals surface area contributed by atoms with Crippen molar-refractivity contribution in [1.29, 1.82) is 0 Å². The van der Waals surface area contributed by atoms with Gasteiger partial charge in [0.2, 0.25) is 0 Å². The molecule has 0 bridgehead atoms. The highest BCUT2D eigenvalue weighted by atomic mass is 32.2. The highest BCUT2D eigenvalue weighted by Crippen LogP contribution is 2.15. The van der Waals surface area contributed by atoms with Crippen molar-refractivity contribution >= 4 is 15.9 Å². The molecule has 0 aliphatic carbocycles. The Kier molecular flexibility index (Phi) is 6.46. The number of amides is 1. The lowest BCUT2D eigenvalue weighted by Crippen LogP contribution is -2.47. The molecule has 0 saturated carbocycles. The summed E-state index contributed by atoms with van der Waals surface area (Å²) in [6.07, 6.45) is 1.38. The lowest BCUT2D eigenvalue weighted by atomic mass is 10.1. The number of ether oxygens (including phenoxy) is 1. The fourth-order valence-electron chi connectivity index (χ4n) is 2.16. The minimum Gasteiger partial charge on any atom is -0.444 e. The number of hydrogen-bond donors (Lipinski definition) is 1. The van der Waals surface area contributed by atoms with Crippen LogP contribution in [0.3, 0.4) is 0 Å². The Labute approximate surface area is 128 Å². The molecule has 1 N–H and O–H groups in total. The summed E-state index contributed by atoms with van der Waals surface area (Å²) in [6, 6.07) is 0.274. The van der Waals surface area contributed by atoms with E-state index in [1.807, 2.05) is 20.8 Å². The summed E-state index contributed by atoms with van der Waals surface area (Å²) in [5.74, 6) is 0.363. The SMILES string of the molecule is CCS(=O)(=O)CCNC1CCN(C(=O)OC(C)(C)C)CC1. The first-order chi connectivity index (χ1) is 9.63. The van der Waals surface area contributed by atoms with Gasteiger partial charge in [0.1, 0.15) is 5.60 Å². The van der Waals surface area contributed by atoms with E-state index in [2.05, 4.69) is 5.32 Å². The van der Waals surface area contributed by atoms with Crippen LogP contribution in [-0.2, 0) is 14.6 Å². The van der Waals surface area contributed by atoms with E-state index in [4.69, 9.17) is 4.74 Å². The largest absolute Gasteiger partial charge is 0.444 e. The summed E-state index contributed by atoms with van der Waals surface area (Å²) >= 11 is 0. The van der Waals surface area contributed by atoms with Crippen molar-refractivity contribution in [2.45, 2.75) is 52.2 Å². The van der Waals surface area contributed by atoms with Gasteiger partial charge in [-0.05, 0) is 33.6 Å². The molecule has 0 unspecified atom stereocenters. The predicted molar refractivity (Wildman–Crippen MR) is 83.2 cm³/mol. The Hall–Kier alpha value is -0.820. The molecule has 1 saturated heterocycles. The molecule has 1 fully saturated rings. The Morgan fingerprint density at radius 2 is 1.86 bits per heavy atom. The molecular formula is C14H28N2O4S. The molecule has 0 aromatic rings. The van der Waals surface area contributed by atoms with Crippen LogP contribution in [0, 0.1) is 0 Å². The molecule has 0 atom stereocenters. The molecule has 0 aromatic carbocycles. The monoisotopic (exact) mass is 320 g/mol. The summed E-state index contributed by atoms with van der Waals surface area (Å²) in [5, 5.41) is 3.26. The second kappa shape index (κ2) is 7.45. The minimum atomic E-state index is -2.91. The number of nitrogens with zero attached hydrogens (tertiary/aromatic N) is 1. The summed E-state index contributed by atoms with van der Waals surface area (Å²) in [5.41, 5.74) is -0.472. The van der Waals surface area contributed by atoms with Crippen LogP contribution in [0.1, 0.15) is 40.5 Å². The summed E-state index contributed by atoms with van der Waals surface area (Å²) in [4.78, 5) is 13.6. The van der Waals surface area contributed by atoms with Gasteiger partial charge in [-0.3, -0.25) is 0 Å². The second-order valence-corrected chi connectivity index (χ2v) is 8.90. The van der Waals surface area contributed by atoms with Gasteiger partial charge in [0.15, 0.2) is 9.84 Å². The second-order valence-electron chi connectivity index (χ2n) is 6.43. The van der Waals surface area contributed by atoms with Gasteiger partial charge in [0.05, 0.1) is 5.75 Å². The zero-order valence-corrected chi connectivity index (χ0v) is 14.3. The first kappa shape index (κ1) is 18.2. The van der Waals surface area contributed by atoms with Crippen molar-refractivity contribution in [2.75, 3.05) is 31.1 Å². The highest BCUT2D eigenvalue weighted by molar-refractivity contribution is 7.91. The summed E-state index contributed by atoms with van der Waals surface area (Å²) in [7, 11) is -2.91. The van der Waals surface area contributed by atoms with E-state index in [0.29, 0.717) is 19.6 Å². The van der Waals surface area contributed by atoms with E-state index in [1.165, 1.54) is 0 Å². The van der Waals surface area contributed by atoms with Crippen LogP contribution in [0.5, 0.6) is 0 Å². The van der Waals surface area contributed by atoms with Crippen molar-refractivity contribution in [3.05, 3.63) is 0 Å². The van der Waals surface area contributed by atoms with Crippen molar-refractivity contribution in [2.24, 2.45) is 0 Å². The van der Waals surface area contributed by atoms with Crippen LogP contribution < -0.4 is 5.32 Å². The number of rotatable bonds is 5. The zero-order chi connectivity index (χ0) is 16.1. The van der Waals surface area contributed by atoms with Gasteiger partial charge in [-0.2, -0.15) is 0 Å². The highest BCUT2D eigenvalue weighted by Gasteiger charge is 2.26. The van der Waals surface area contributed by atoms with Gasteiger partial charge in [-0.25, -0.2) is 13.2 Å². The van der Waals surface area contributed by atoms with Gasteiger partial charge in [-0.1, -0.05) is 6.92 Å². The number of likely N-dealkylation sites (tertiary alicyclic amines) is 1. The Morgan fingerprint density at radius 3 is 2.33 bits per heavy atom. The van der Waals surface area contributed by atoms with Crippen LogP contribution in [0.2, 0.25) is 0 Å². The molecule has 1 heterocycles. The predicted octanol–water partition coefficient (Wildman–Crippen LogP) is 1.41. The standard InChI is InChI=1S/C14H28N2O4S/c1-5-21(18,19)11-8-15-12-6-9-16(10-7-12)13(17)20-14(2,3)4/h12,15H,5-11H2,1-4H3. The van der Waals surface area contributed by atoms with Gasteiger partial charge >= 0.3 is 6.09 Å². The number of hydrogen-bond acceptors (Lipinski definition) is 5. The van der Waals surface area contributed by atoms with Gasteiger partial charge < -0.3 is 15.0 Å². The quantitative estimate of drug-likeness (QED) is 0.829. The normalized spacial score (nSPS) is 17.8. The topological polar surface area (TPSA) is 75.7 Å². The van der Waals surface area contributed by atoms with Crippen LogP contribution in [0.25, 0.3) is 0 Å². The van der Waals surface area contributed by atoms with Crippen LogP contribution >= 0.6 is 0 Å². The van der Waals surface area contributed by atoms with E-state index >= 15 is 0 Å². The first-order valence-electron chi connectivity index (χ1n) is 7.54. The molecule has 21 heavy (non-hydrogen) atoms. The third-order valence-electron chi connectivity index (χ3n) is 3.43. The smallest absolute Gasteiger partial charge is 0.410 e. The average molecular weight is 320 g/mol. The Bertz CT molecular complexity index is 434. The third-order valence-corrected chi connectivity index (χ3v) is 5.14. The molecule has 1 amide bonds. The number of piperidine rings is 1.